The van der Waals surface area contributed by atoms with E-state index in [0.717, 1.165) is 6.42 Å². The number of carboxylic acid groups (broad SMARTS) is 1. The van der Waals surface area contributed by atoms with Crippen molar-refractivity contribution >= 4 is 18.0 Å². The fraction of sp³-hybridized carbons (Fsp3) is 0.833. The zero-order valence-corrected chi connectivity index (χ0v) is 16.3. The van der Waals surface area contributed by atoms with Gasteiger partial charge in [0.25, 0.3) is 0 Å². The Bertz CT molecular complexity index is 656. The third-order valence-corrected chi connectivity index (χ3v) is 5.86. The zero-order valence-electron chi connectivity index (χ0n) is 16.3. The van der Waals surface area contributed by atoms with Gasteiger partial charge in [0.05, 0.1) is 5.66 Å². The van der Waals surface area contributed by atoms with Crippen LogP contribution >= 0.6 is 0 Å². The largest absolute Gasteiger partial charge is 0.480 e. The highest BCUT2D eigenvalue weighted by atomic mass is 16.6. The molecule has 0 aromatic rings. The predicted octanol–water partition coefficient (Wildman–Crippen LogP) is 1.30. The average molecular weight is 367 g/mol. The molecule has 1 unspecified atom stereocenters. The molecule has 2 amide bonds. The van der Waals surface area contributed by atoms with E-state index in [-0.39, 0.29) is 17.7 Å². The number of alkyl carbamates (subject to hydrolysis) is 1. The molecule has 8 nitrogen and oxygen atoms in total. The highest BCUT2D eigenvalue weighted by Gasteiger charge is 2.69. The monoisotopic (exact) mass is 367 g/mol. The first kappa shape index (κ1) is 18.9. The average Bonchev–Trinajstić information content (AvgIpc) is 2.91. The van der Waals surface area contributed by atoms with Gasteiger partial charge in [0, 0.05) is 5.54 Å². The number of ether oxygens (including phenoxy) is 1. The summed E-state index contributed by atoms with van der Waals surface area (Å²) in [6.45, 7) is 11.0. The number of carboxylic acids is 1. The molecule has 26 heavy (non-hydrogen) atoms. The number of hydrogen-bond donors (Lipinski definition) is 3. The molecule has 0 radical (unpaired) electrons. The molecule has 3 N–H and O–H groups in total. The van der Waals surface area contributed by atoms with Crippen LogP contribution in [0, 0.1) is 11.8 Å². The van der Waals surface area contributed by atoms with E-state index in [0.29, 0.717) is 6.42 Å². The Morgan fingerprint density at radius 1 is 1.35 bits per heavy atom. The molecule has 5 atom stereocenters. The van der Waals surface area contributed by atoms with E-state index in [1.54, 1.807) is 20.8 Å². The Balaban J connectivity index is 1.91. The van der Waals surface area contributed by atoms with E-state index < -0.39 is 40.9 Å². The van der Waals surface area contributed by atoms with Gasteiger partial charge in [-0.2, -0.15) is 0 Å². The van der Waals surface area contributed by atoms with Gasteiger partial charge in [0.15, 0.2) is 0 Å². The van der Waals surface area contributed by atoms with Gasteiger partial charge in [-0.1, -0.05) is 6.92 Å². The number of nitrogens with one attached hydrogen (secondary N) is 2. The summed E-state index contributed by atoms with van der Waals surface area (Å²) in [6, 6.07) is -1.76. The van der Waals surface area contributed by atoms with Crippen LogP contribution in [0.5, 0.6) is 0 Å². The summed E-state index contributed by atoms with van der Waals surface area (Å²) in [7, 11) is 0. The highest BCUT2D eigenvalue weighted by molar-refractivity contribution is 5.93. The number of carbonyl (C=O) groups excluding carboxylic acids is 2. The van der Waals surface area contributed by atoms with Crippen LogP contribution in [0.3, 0.4) is 0 Å². The zero-order chi connectivity index (χ0) is 19.7. The van der Waals surface area contributed by atoms with Gasteiger partial charge >= 0.3 is 12.1 Å². The molecule has 3 fully saturated rings. The van der Waals surface area contributed by atoms with Gasteiger partial charge in [-0.15, -0.1) is 0 Å². The van der Waals surface area contributed by atoms with Crippen molar-refractivity contribution in [3.8, 4) is 0 Å². The van der Waals surface area contributed by atoms with E-state index in [1.807, 2.05) is 20.8 Å². The van der Waals surface area contributed by atoms with Gasteiger partial charge in [0.1, 0.15) is 17.7 Å². The Morgan fingerprint density at radius 2 is 1.96 bits per heavy atom. The van der Waals surface area contributed by atoms with Crippen LogP contribution in [0.1, 0.15) is 54.4 Å². The van der Waals surface area contributed by atoms with Crippen LogP contribution in [0.25, 0.3) is 0 Å². The molecule has 2 aliphatic heterocycles. The van der Waals surface area contributed by atoms with Crippen molar-refractivity contribution in [3.05, 3.63) is 0 Å². The van der Waals surface area contributed by atoms with Gasteiger partial charge < -0.3 is 20.1 Å². The number of carbonyl (C=O) groups is 3. The van der Waals surface area contributed by atoms with Crippen molar-refractivity contribution in [2.45, 2.75) is 83.3 Å². The molecule has 1 aliphatic carbocycles. The normalized spacial score (nSPS) is 38.1. The predicted molar refractivity (Wildman–Crippen MR) is 93.3 cm³/mol. The summed E-state index contributed by atoms with van der Waals surface area (Å²) < 4.78 is 5.28. The summed E-state index contributed by atoms with van der Waals surface area (Å²) in [4.78, 5) is 38.9. The number of rotatable bonds is 2. The lowest BCUT2D eigenvalue weighted by Gasteiger charge is -2.56. The second-order valence-corrected chi connectivity index (χ2v) is 9.44. The first-order valence-corrected chi connectivity index (χ1v) is 9.13. The Hall–Kier alpha value is -1.83. The van der Waals surface area contributed by atoms with Gasteiger partial charge in [0.2, 0.25) is 5.91 Å². The molecule has 0 aromatic carbocycles. The van der Waals surface area contributed by atoms with Crippen molar-refractivity contribution in [2.24, 2.45) is 11.8 Å². The number of piperidine rings is 1. The summed E-state index contributed by atoms with van der Waals surface area (Å²) in [6.07, 6.45) is 0.707. The highest BCUT2D eigenvalue weighted by Crippen LogP contribution is 2.55. The molecule has 2 saturated heterocycles. The molecule has 1 saturated carbocycles. The summed E-state index contributed by atoms with van der Waals surface area (Å²) in [5.74, 6) is -1.28. The summed E-state index contributed by atoms with van der Waals surface area (Å²) in [5, 5.41) is 15.9. The van der Waals surface area contributed by atoms with Gasteiger partial charge in [-0.05, 0) is 59.3 Å². The standard InChI is InChI=1S/C18H29N3O5/c1-9-7-10-8-18(9)20-17(5,6)12(19-15(25)26-16(2,3)4)13(22)21(18)11(10)14(23)24/h9-12,20H,7-8H2,1-6H3,(H,19,25)(H,23,24)/t9?,10-,11-,12+,18-/m0/s1. The van der Waals surface area contributed by atoms with Crippen LogP contribution in [-0.2, 0) is 14.3 Å². The molecule has 3 aliphatic rings. The van der Waals surface area contributed by atoms with Gasteiger partial charge in [-0.3, -0.25) is 10.1 Å². The van der Waals surface area contributed by atoms with E-state index in [2.05, 4.69) is 10.6 Å². The molecule has 1 spiro atoms. The molecular weight excluding hydrogens is 338 g/mol. The van der Waals surface area contributed by atoms with E-state index in [9.17, 15) is 19.5 Å². The van der Waals surface area contributed by atoms with Crippen molar-refractivity contribution in [3.63, 3.8) is 0 Å². The van der Waals surface area contributed by atoms with Crippen molar-refractivity contribution in [1.29, 1.82) is 0 Å². The SMILES string of the molecule is CC1C[C@H]2C[C@@]13NC(C)(C)[C@H](NC(=O)OC(C)(C)C)C(=O)N3[C@@H]2C(=O)O. The molecule has 2 bridgehead atoms. The fourth-order valence-electron chi connectivity index (χ4n) is 4.99. The van der Waals surface area contributed by atoms with Crippen LogP contribution in [0.4, 0.5) is 4.79 Å². The molecule has 0 aromatic heterocycles. The third kappa shape index (κ3) is 2.74. The van der Waals surface area contributed by atoms with Crippen molar-refractivity contribution in [2.75, 3.05) is 0 Å². The molecule has 2 heterocycles. The smallest absolute Gasteiger partial charge is 0.408 e. The lowest BCUT2D eigenvalue weighted by atomic mass is 9.81. The quantitative estimate of drug-likeness (QED) is 0.679. The number of hydrogen-bond acceptors (Lipinski definition) is 5. The third-order valence-electron chi connectivity index (χ3n) is 5.86. The summed E-state index contributed by atoms with van der Waals surface area (Å²) in [5.41, 5.74) is -2.09. The second kappa shape index (κ2) is 5.58. The molecule has 146 valence electrons. The molecule has 8 heteroatoms. The van der Waals surface area contributed by atoms with E-state index in [1.165, 1.54) is 4.90 Å². The maximum atomic E-state index is 13.3. The Morgan fingerprint density at radius 3 is 2.50 bits per heavy atom. The number of aliphatic carboxylic acids is 1. The second-order valence-electron chi connectivity index (χ2n) is 9.44. The number of amides is 2. The van der Waals surface area contributed by atoms with Crippen LogP contribution in [-0.4, -0.2) is 56.9 Å². The maximum absolute atomic E-state index is 13.3. The molecule has 3 rings (SSSR count). The molecular formula is C18H29N3O5. The van der Waals surface area contributed by atoms with E-state index in [4.69, 9.17) is 4.74 Å². The number of fused-ring (bicyclic) bond motifs is 1. The number of nitrogens with zero attached hydrogens (tertiary/aromatic N) is 1. The minimum atomic E-state index is -0.991. The summed E-state index contributed by atoms with van der Waals surface area (Å²) >= 11 is 0. The van der Waals surface area contributed by atoms with Gasteiger partial charge in [-0.25, -0.2) is 9.59 Å². The van der Waals surface area contributed by atoms with Crippen LogP contribution < -0.4 is 10.6 Å². The lowest BCUT2D eigenvalue weighted by molar-refractivity contribution is -0.169. The maximum Gasteiger partial charge on any atom is 0.408 e. The van der Waals surface area contributed by atoms with E-state index >= 15 is 0 Å². The first-order valence-electron chi connectivity index (χ1n) is 9.13. The lowest BCUT2D eigenvalue weighted by Crippen LogP contribution is -2.81. The Kier molecular flexibility index (Phi) is 4.07. The Labute approximate surface area is 153 Å². The topological polar surface area (TPSA) is 108 Å². The van der Waals surface area contributed by atoms with Crippen LogP contribution in [0.2, 0.25) is 0 Å². The minimum absolute atomic E-state index is 0.0740. The van der Waals surface area contributed by atoms with Crippen molar-refractivity contribution in [1.82, 2.24) is 15.5 Å². The minimum Gasteiger partial charge on any atom is -0.480 e. The van der Waals surface area contributed by atoms with Crippen molar-refractivity contribution < 1.29 is 24.2 Å². The van der Waals surface area contributed by atoms with Crippen LogP contribution in [0.15, 0.2) is 0 Å². The first-order chi connectivity index (χ1) is 11.8. The fourth-order valence-corrected chi connectivity index (χ4v) is 4.99.